The van der Waals surface area contributed by atoms with E-state index in [0.29, 0.717) is 11.5 Å². The van der Waals surface area contributed by atoms with Gasteiger partial charge >= 0.3 is 0 Å². The van der Waals surface area contributed by atoms with Crippen molar-refractivity contribution >= 4 is 29.0 Å². The van der Waals surface area contributed by atoms with Crippen molar-refractivity contribution in [2.75, 3.05) is 11.1 Å². The van der Waals surface area contributed by atoms with Gasteiger partial charge in [-0.1, -0.05) is 31.2 Å². The number of carbonyl (C=O) groups is 1. The summed E-state index contributed by atoms with van der Waals surface area (Å²) in [4.78, 5) is 22.0. The summed E-state index contributed by atoms with van der Waals surface area (Å²) >= 11 is 1.47. The van der Waals surface area contributed by atoms with E-state index in [-0.39, 0.29) is 11.6 Å². The number of amides is 1. The Hall–Kier alpha value is -2.34. The third kappa shape index (κ3) is 5.41. The van der Waals surface area contributed by atoms with Crippen LogP contribution in [0.3, 0.4) is 0 Å². The lowest BCUT2D eigenvalue weighted by Gasteiger charge is -2.06. The molecular weight excluding hydrogens is 312 g/mol. The van der Waals surface area contributed by atoms with Crippen LogP contribution in [0.2, 0.25) is 0 Å². The number of anilines is 1. The van der Waals surface area contributed by atoms with Gasteiger partial charge in [0.15, 0.2) is 0 Å². The van der Waals surface area contributed by atoms with Crippen LogP contribution in [-0.4, -0.2) is 16.6 Å². The Balaban J connectivity index is 1.76. The molecule has 2 aromatic rings. The van der Waals surface area contributed by atoms with Gasteiger partial charge in [0.05, 0.1) is 10.7 Å². The van der Waals surface area contributed by atoms with E-state index in [1.807, 2.05) is 24.3 Å². The minimum absolute atomic E-state index is 0.0545. The van der Waals surface area contributed by atoms with Crippen molar-refractivity contribution in [2.24, 2.45) is 0 Å². The van der Waals surface area contributed by atoms with Gasteiger partial charge in [0.2, 0.25) is 5.91 Å². The first kappa shape index (κ1) is 17.0. The molecule has 0 heterocycles. The first-order chi connectivity index (χ1) is 11.1. The number of non-ortho nitro benzene ring substituents is 1. The quantitative estimate of drug-likeness (QED) is 0.614. The summed E-state index contributed by atoms with van der Waals surface area (Å²) in [6, 6.07) is 14.2. The van der Waals surface area contributed by atoms with E-state index in [1.165, 1.54) is 29.5 Å². The van der Waals surface area contributed by atoms with Crippen LogP contribution in [0.5, 0.6) is 0 Å². The summed E-state index contributed by atoms with van der Waals surface area (Å²) < 4.78 is 0. The smallest absolute Gasteiger partial charge is 0.269 e. The molecule has 5 nitrogen and oxygen atoms in total. The Morgan fingerprint density at radius 1 is 1.09 bits per heavy atom. The Morgan fingerprint density at radius 3 is 2.26 bits per heavy atom. The van der Waals surface area contributed by atoms with Crippen molar-refractivity contribution in [3.05, 3.63) is 69.8 Å². The number of carbonyl (C=O) groups excluding carboxylic acids is 1. The van der Waals surface area contributed by atoms with Crippen molar-refractivity contribution in [2.45, 2.75) is 19.1 Å². The SMILES string of the molecule is CCc1ccc(NC(=O)CSCc2ccc([N+](=O)[O-])cc2)cc1. The summed E-state index contributed by atoms with van der Waals surface area (Å²) in [5.74, 6) is 0.924. The van der Waals surface area contributed by atoms with Crippen molar-refractivity contribution in [1.82, 2.24) is 0 Å². The number of hydrogen-bond donors (Lipinski definition) is 1. The van der Waals surface area contributed by atoms with E-state index in [0.717, 1.165) is 17.7 Å². The lowest BCUT2D eigenvalue weighted by molar-refractivity contribution is -0.384. The second kappa shape index (κ2) is 8.33. The molecule has 0 spiro atoms. The van der Waals surface area contributed by atoms with Crippen LogP contribution in [0, 0.1) is 10.1 Å². The predicted octanol–water partition coefficient (Wildman–Crippen LogP) is 4.03. The molecule has 23 heavy (non-hydrogen) atoms. The molecule has 0 saturated carbocycles. The molecule has 0 aliphatic carbocycles. The van der Waals surface area contributed by atoms with E-state index in [4.69, 9.17) is 0 Å². The van der Waals surface area contributed by atoms with Gasteiger partial charge in [0.25, 0.3) is 5.69 Å². The monoisotopic (exact) mass is 330 g/mol. The largest absolute Gasteiger partial charge is 0.325 e. The van der Waals surface area contributed by atoms with Crippen molar-refractivity contribution in [3.63, 3.8) is 0 Å². The van der Waals surface area contributed by atoms with Crippen LogP contribution in [0.1, 0.15) is 18.1 Å². The molecule has 1 N–H and O–H groups in total. The molecular formula is C17H18N2O3S. The number of rotatable bonds is 7. The van der Waals surface area contributed by atoms with Gasteiger partial charge in [0, 0.05) is 23.6 Å². The number of hydrogen-bond acceptors (Lipinski definition) is 4. The van der Waals surface area contributed by atoms with Crippen LogP contribution in [0.4, 0.5) is 11.4 Å². The van der Waals surface area contributed by atoms with Gasteiger partial charge in [-0.15, -0.1) is 11.8 Å². The molecule has 0 fully saturated rings. The second-order valence-electron chi connectivity index (χ2n) is 5.02. The van der Waals surface area contributed by atoms with Gasteiger partial charge in [-0.25, -0.2) is 0 Å². The van der Waals surface area contributed by atoms with E-state index < -0.39 is 4.92 Å². The summed E-state index contributed by atoms with van der Waals surface area (Å²) in [7, 11) is 0. The summed E-state index contributed by atoms with van der Waals surface area (Å²) in [5.41, 5.74) is 3.06. The Labute approximate surface area is 139 Å². The molecule has 0 aliphatic rings. The van der Waals surface area contributed by atoms with Crippen LogP contribution in [0.15, 0.2) is 48.5 Å². The van der Waals surface area contributed by atoms with Gasteiger partial charge in [0.1, 0.15) is 0 Å². The zero-order valence-corrected chi connectivity index (χ0v) is 13.6. The maximum Gasteiger partial charge on any atom is 0.269 e. The van der Waals surface area contributed by atoms with E-state index in [1.54, 1.807) is 12.1 Å². The van der Waals surface area contributed by atoms with E-state index in [2.05, 4.69) is 12.2 Å². The maximum atomic E-state index is 11.9. The summed E-state index contributed by atoms with van der Waals surface area (Å²) in [6.07, 6.45) is 0.972. The van der Waals surface area contributed by atoms with Gasteiger partial charge in [-0.05, 0) is 29.7 Å². The van der Waals surface area contributed by atoms with Gasteiger partial charge in [-0.3, -0.25) is 14.9 Å². The topological polar surface area (TPSA) is 72.2 Å². The number of nitro groups is 1. The molecule has 0 unspecified atom stereocenters. The van der Waals surface area contributed by atoms with Gasteiger partial charge < -0.3 is 5.32 Å². The molecule has 0 saturated heterocycles. The van der Waals surface area contributed by atoms with Crippen LogP contribution in [0.25, 0.3) is 0 Å². The Bertz CT molecular complexity index is 669. The normalized spacial score (nSPS) is 10.3. The number of thioether (sulfide) groups is 1. The highest BCUT2D eigenvalue weighted by molar-refractivity contribution is 7.99. The molecule has 0 atom stereocenters. The summed E-state index contributed by atoms with van der Waals surface area (Å²) in [6.45, 7) is 2.09. The van der Waals surface area contributed by atoms with Crippen LogP contribution >= 0.6 is 11.8 Å². The predicted molar refractivity (Wildman–Crippen MR) is 93.7 cm³/mol. The lowest BCUT2D eigenvalue weighted by atomic mass is 10.1. The fourth-order valence-electron chi connectivity index (χ4n) is 2.00. The minimum atomic E-state index is -0.422. The number of benzene rings is 2. The lowest BCUT2D eigenvalue weighted by Crippen LogP contribution is -2.14. The third-order valence-corrected chi connectivity index (χ3v) is 4.30. The minimum Gasteiger partial charge on any atom is -0.325 e. The number of aryl methyl sites for hydroxylation is 1. The molecule has 2 aromatic carbocycles. The molecule has 120 valence electrons. The Morgan fingerprint density at radius 2 is 1.70 bits per heavy atom. The first-order valence-corrected chi connectivity index (χ1v) is 8.44. The number of nitrogens with zero attached hydrogens (tertiary/aromatic N) is 1. The zero-order chi connectivity index (χ0) is 16.7. The molecule has 0 aliphatic heterocycles. The molecule has 0 radical (unpaired) electrons. The summed E-state index contributed by atoms with van der Waals surface area (Å²) in [5, 5.41) is 13.4. The maximum absolute atomic E-state index is 11.9. The third-order valence-electron chi connectivity index (χ3n) is 3.29. The van der Waals surface area contributed by atoms with Crippen molar-refractivity contribution < 1.29 is 9.72 Å². The van der Waals surface area contributed by atoms with Crippen LogP contribution < -0.4 is 5.32 Å². The zero-order valence-electron chi connectivity index (χ0n) is 12.8. The van der Waals surface area contributed by atoms with E-state index >= 15 is 0 Å². The average Bonchev–Trinajstić information content (AvgIpc) is 2.56. The average molecular weight is 330 g/mol. The molecule has 0 bridgehead atoms. The molecule has 2 rings (SSSR count). The highest BCUT2D eigenvalue weighted by Crippen LogP contribution is 2.17. The molecule has 0 aromatic heterocycles. The number of nitro benzene ring substituents is 1. The standard InChI is InChI=1S/C17H18N2O3S/c1-2-13-3-7-15(8-4-13)18-17(20)12-23-11-14-5-9-16(10-6-14)19(21)22/h3-10H,2,11-12H2,1H3,(H,18,20). The van der Waals surface area contributed by atoms with E-state index in [9.17, 15) is 14.9 Å². The van der Waals surface area contributed by atoms with Crippen LogP contribution in [-0.2, 0) is 17.0 Å². The molecule has 1 amide bonds. The van der Waals surface area contributed by atoms with Crippen molar-refractivity contribution in [3.8, 4) is 0 Å². The van der Waals surface area contributed by atoms with Gasteiger partial charge in [-0.2, -0.15) is 0 Å². The number of nitrogens with one attached hydrogen (secondary N) is 1. The first-order valence-electron chi connectivity index (χ1n) is 7.28. The fourth-order valence-corrected chi connectivity index (χ4v) is 2.78. The highest BCUT2D eigenvalue weighted by atomic mass is 32.2. The highest BCUT2D eigenvalue weighted by Gasteiger charge is 2.06. The molecule has 6 heteroatoms. The fraction of sp³-hybridized carbons (Fsp3) is 0.235. The van der Waals surface area contributed by atoms with Crippen molar-refractivity contribution in [1.29, 1.82) is 0 Å². The second-order valence-corrected chi connectivity index (χ2v) is 6.00. The Kier molecular flexibility index (Phi) is 6.17.